The first-order valence-corrected chi connectivity index (χ1v) is 6.78. The quantitative estimate of drug-likeness (QED) is 0.665. The molecule has 2 rings (SSSR count). The molecule has 0 saturated carbocycles. The number of hydrogen-bond acceptors (Lipinski definition) is 0. The van der Waals surface area contributed by atoms with Crippen molar-refractivity contribution < 1.29 is 0 Å². The molecule has 0 spiro atoms. The van der Waals surface area contributed by atoms with Crippen molar-refractivity contribution in [2.75, 3.05) is 0 Å². The summed E-state index contributed by atoms with van der Waals surface area (Å²) in [6, 6.07) is 16.6. The van der Waals surface area contributed by atoms with Crippen molar-refractivity contribution >= 4 is 5.57 Å². The van der Waals surface area contributed by atoms with Crippen molar-refractivity contribution in [2.45, 2.75) is 26.2 Å². The molecule has 0 atom stereocenters. The minimum atomic E-state index is 0.175. The fraction of sp³-hybridized carbons (Fsp3) is 0.200. The third kappa shape index (κ3) is 3.00. The maximum absolute atomic E-state index is 5.37. The van der Waals surface area contributed by atoms with Crippen LogP contribution in [0.3, 0.4) is 0 Å². The van der Waals surface area contributed by atoms with Gasteiger partial charge in [-0.25, -0.2) is 0 Å². The van der Waals surface area contributed by atoms with Crippen LogP contribution in [0.2, 0.25) is 0 Å². The second-order valence-corrected chi connectivity index (χ2v) is 6.03. The van der Waals surface area contributed by atoms with Crippen molar-refractivity contribution in [3.05, 3.63) is 77.4 Å². The second-order valence-electron chi connectivity index (χ2n) is 6.03. The molecular formula is C20H20. The van der Waals surface area contributed by atoms with Gasteiger partial charge < -0.3 is 0 Å². The summed E-state index contributed by atoms with van der Waals surface area (Å²) in [7, 11) is 0. The molecular weight excluding hydrogens is 240 g/mol. The van der Waals surface area contributed by atoms with Crippen LogP contribution >= 0.6 is 0 Å². The maximum Gasteiger partial charge on any atom is 0.0243 e. The highest BCUT2D eigenvalue weighted by Gasteiger charge is 2.13. The SMILES string of the molecule is C#Cc1ccc(C(=C)c2ccc(C(C)(C)C)cc2)cc1. The molecule has 0 fully saturated rings. The van der Waals surface area contributed by atoms with E-state index in [-0.39, 0.29) is 5.41 Å². The smallest absolute Gasteiger partial charge is 0.0243 e. The highest BCUT2D eigenvalue weighted by atomic mass is 14.2. The van der Waals surface area contributed by atoms with Gasteiger partial charge >= 0.3 is 0 Å². The lowest BCUT2D eigenvalue weighted by atomic mass is 9.86. The van der Waals surface area contributed by atoms with E-state index in [9.17, 15) is 0 Å². The molecule has 0 saturated heterocycles. The topological polar surface area (TPSA) is 0 Å². The molecule has 0 aromatic heterocycles. The summed E-state index contributed by atoms with van der Waals surface area (Å²) in [4.78, 5) is 0. The Morgan fingerprint density at radius 2 is 1.35 bits per heavy atom. The number of benzene rings is 2. The molecule has 0 amide bonds. The van der Waals surface area contributed by atoms with Crippen LogP contribution in [-0.2, 0) is 5.41 Å². The van der Waals surface area contributed by atoms with Crippen LogP contribution < -0.4 is 0 Å². The molecule has 0 nitrogen and oxygen atoms in total. The molecule has 0 aliphatic carbocycles. The van der Waals surface area contributed by atoms with Gasteiger partial charge in [-0.15, -0.1) is 6.42 Å². The predicted octanol–water partition coefficient (Wildman–Crippen LogP) is 5.03. The molecule has 0 aliphatic heterocycles. The van der Waals surface area contributed by atoms with E-state index < -0.39 is 0 Å². The zero-order valence-electron chi connectivity index (χ0n) is 12.4. The normalized spacial score (nSPS) is 10.9. The van der Waals surface area contributed by atoms with Gasteiger partial charge in [-0.2, -0.15) is 0 Å². The van der Waals surface area contributed by atoms with E-state index in [1.54, 1.807) is 0 Å². The third-order valence-electron chi connectivity index (χ3n) is 3.50. The Bertz CT molecular complexity index is 641. The Morgan fingerprint density at radius 3 is 1.75 bits per heavy atom. The van der Waals surface area contributed by atoms with Crippen molar-refractivity contribution in [3.63, 3.8) is 0 Å². The van der Waals surface area contributed by atoms with Gasteiger partial charge in [-0.1, -0.05) is 69.7 Å². The summed E-state index contributed by atoms with van der Waals surface area (Å²) in [5.74, 6) is 2.63. The molecule has 0 unspecified atom stereocenters. The van der Waals surface area contributed by atoms with Crippen LogP contribution in [0.1, 0.15) is 43.0 Å². The van der Waals surface area contributed by atoms with Gasteiger partial charge in [0.05, 0.1) is 0 Å². The third-order valence-corrected chi connectivity index (χ3v) is 3.50. The summed E-state index contributed by atoms with van der Waals surface area (Å²) in [6.45, 7) is 10.8. The summed E-state index contributed by atoms with van der Waals surface area (Å²) in [5.41, 5.74) is 5.67. The fourth-order valence-corrected chi connectivity index (χ4v) is 2.11. The highest BCUT2D eigenvalue weighted by Crippen LogP contribution is 2.26. The van der Waals surface area contributed by atoms with Gasteiger partial charge in [0.1, 0.15) is 0 Å². The highest BCUT2D eigenvalue weighted by molar-refractivity contribution is 5.78. The monoisotopic (exact) mass is 260 g/mol. The van der Waals surface area contributed by atoms with Crippen LogP contribution in [0.25, 0.3) is 5.57 Å². The largest absolute Gasteiger partial charge is 0.115 e. The average molecular weight is 260 g/mol. The van der Waals surface area contributed by atoms with Crippen LogP contribution in [0.5, 0.6) is 0 Å². The van der Waals surface area contributed by atoms with E-state index in [0.717, 1.165) is 22.3 Å². The van der Waals surface area contributed by atoms with E-state index in [1.165, 1.54) is 5.56 Å². The summed E-state index contributed by atoms with van der Waals surface area (Å²) >= 11 is 0. The van der Waals surface area contributed by atoms with E-state index in [4.69, 9.17) is 6.42 Å². The van der Waals surface area contributed by atoms with E-state index >= 15 is 0 Å². The minimum Gasteiger partial charge on any atom is -0.115 e. The number of hydrogen-bond donors (Lipinski definition) is 0. The predicted molar refractivity (Wildman–Crippen MR) is 87.7 cm³/mol. The first kappa shape index (κ1) is 14.2. The van der Waals surface area contributed by atoms with Crippen LogP contribution in [0.4, 0.5) is 0 Å². The van der Waals surface area contributed by atoms with Crippen molar-refractivity contribution in [1.29, 1.82) is 0 Å². The molecule has 0 bridgehead atoms. The molecule has 0 radical (unpaired) electrons. The summed E-state index contributed by atoms with van der Waals surface area (Å²) in [6.07, 6.45) is 5.37. The number of rotatable bonds is 2. The van der Waals surface area contributed by atoms with Gasteiger partial charge in [0.2, 0.25) is 0 Å². The average Bonchev–Trinajstić information content (AvgIpc) is 2.46. The number of terminal acetylenes is 1. The molecule has 0 heteroatoms. The Morgan fingerprint density at radius 1 is 0.900 bits per heavy atom. The van der Waals surface area contributed by atoms with Crippen LogP contribution in [-0.4, -0.2) is 0 Å². The maximum atomic E-state index is 5.37. The second kappa shape index (κ2) is 5.39. The zero-order chi connectivity index (χ0) is 14.8. The van der Waals surface area contributed by atoms with Crippen molar-refractivity contribution in [3.8, 4) is 12.3 Å². The van der Waals surface area contributed by atoms with Gasteiger partial charge in [0, 0.05) is 5.56 Å². The van der Waals surface area contributed by atoms with Gasteiger partial charge in [0.15, 0.2) is 0 Å². The first-order chi connectivity index (χ1) is 9.41. The Labute approximate surface area is 122 Å². The van der Waals surface area contributed by atoms with Crippen molar-refractivity contribution in [2.24, 2.45) is 0 Å². The zero-order valence-corrected chi connectivity index (χ0v) is 12.4. The van der Waals surface area contributed by atoms with Gasteiger partial charge in [0.25, 0.3) is 0 Å². The van der Waals surface area contributed by atoms with Gasteiger partial charge in [-0.05, 0) is 39.8 Å². The Kier molecular flexibility index (Phi) is 3.81. The summed E-state index contributed by atoms with van der Waals surface area (Å²) in [5, 5.41) is 0. The van der Waals surface area contributed by atoms with E-state index in [0.29, 0.717) is 0 Å². The van der Waals surface area contributed by atoms with Crippen molar-refractivity contribution in [1.82, 2.24) is 0 Å². The Hall–Kier alpha value is -2.26. The summed E-state index contributed by atoms with van der Waals surface area (Å²) < 4.78 is 0. The lowest BCUT2D eigenvalue weighted by molar-refractivity contribution is 0.590. The van der Waals surface area contributed by atoms with Gasteiger partial charge in [-0.3, -0.25) is 0 Å². The Balaban J connectivity index is 2.27. The lowest BCUT2D eigenvalue weighted by Crippen LogP contribution is -2.10. The van der Waals surface area contributed by atoms with E-state index in [2.05, 4.69) is 57.5 Å². The van der Waals surface area contributed by atoms with Crippen LogP contribution in [0.15, 0.2) is 55.1 Å². The lowest BCUT2D eigenvalue weighted by Gasteiger charge is -2.19. The van der Waals surface area contributed by atoms with Crippen LogP contribution in [0, 0.1) is 12.3 Å². The van der Waals surface area contributed by atoms with E-state index in [1.807, 2.05) is 24.3 Å². The molecule has 2 aromatic rings. The molecule has 100 valence electrons. The molecule has 0 aliphatic rings. The minimum absolute atomic E-state index is 0.175. The standard InChI is InChI=1S/C20H20/c1-6-16-7-9-17(10-8-16)15(2)18-11-13-19(14-12-18)20(3,4)5/h1,7-14H,2H2,3-5H3. The fourth-order valence-electron chi connectivity index (χ4n) is 2.11. The molecule has 0 N–H and O–H groups in total. The first-order valence-electron chi connectivity index (χ1n) is 6.78. The molecule has 2 aromatic carbocycles. The molecule has 20 heavy (non-hydrogen) atoms. The molecule has 0 heterocycles.